The quantitative estimate of drug-likeness (QED) is 0.423. The Bertz CT molecular complexity index is 219. The summed E-state index contributed by atoms with van der Waals surface area (Å²) in [6.07, 6.45) is 0. The van der Waals surface area contributed by atoms with Gasteiger partial charge in [0.05, 0.1) is 0 Å². The molecular weight excluding hydrogens is 264 g/mol. The summed E-state index contributed by atoms with van der Waals surface area (Å²) in [5.41, 5.74) is 0. The molecule has 0 spiro atoms. The van der Waals surface area contributed by atoms with Gasteiger partial charge in [-0.15, -0.1) is 0 Å². The Morgan fingerprint density at radius 2 is 0.909 bits per heavy atom. The molecule has 0 fully saturated rings. The fourth-order valence-electron chi connectivity index (χ4n) is 0. The van der Waals surface area contributed by atoms with Gasteiger partial charge in [0.2, 0.25) is 0 Å². The molecule has 0 aromatic heterocycles. The molecule has 0 aromatic carbocycles. The molecule has 0 rings (SSSR count). The number of hydrogen-bond donors (Lipinski definition) is 4. The molecule has 0 aliphatic heterocycles. The monoisotopic (exact) mass is 270 g/mol. The number of rotatable bonds is 0. The summed E-state index contributed by atoms with van der Waals surface area (Å²) in [5, 5.41) is 0. The van der Waals surface area contributed by atoms with Crippen LogP contribution < -0.4 is 0 Å². The van der Waals surface area contributed by atoms with Gasteiger partial charge in [-0.2, -0.15) is 8.42 Å². The van der Waals surface area contributed by atoms with E-state index in [9.17, 15) is 0 Å². The van der Waals surface area contributed by atoms with E-state index in [1.807, 2.05) is 0 Å². The summed E-state index contributed by atoms with van der Waals surface area (Å²) in [6.45, 7) is 0. The standard InChI is InChI=1S/Ca.2H2O3S2.2H/c;2*1-5(2,3)4;;/h;2*(H2,1,2,3,4);;/q+2;;;2*-1. The van der Waals surface area contributed by atoms with Crippen molar-refractivity contribution in [3.63, 3.8) is 0 Å². The van der Waals surface area contributed by atoms with Gasteiger partial charge in [0.25, 0.3) is 18.1 Å². The third kappa shape index (κ3) is 339. The minimum atomic E-state index is -3.83. The van der Waals surface area contributed by atoms with E-state index in [0.29, 0.717) is 0 Å². The van der Waals surface area contributed by atoms with Crippen LogP contribution in [-0.2, 0) is 40.5 Å². The molecule has 0 saturated heterocycles. The minimum Gasteiger partial charge on any atom is -1.00 e. The van der Waals surface area contributed by atoms with Crippen LogP contribution in [0.15, 0.2) is 0 Å². The van der Waals surface area contributed by atoms with E-state index in [1.165, 1.54) is 0 Å². The molecule has 4 N–H and O–H groups in total. The molecule has 0 saturated carbocycles. The summed E-state index contributed by atoms with van der Waals surface area (Å²) in [7, 11) is -7.67. The third-order valence-electron chi connectivity index (χ3n) is 0. The van der Waals surface area contributed by atoms with E-state index in [0.717, 1.165) is 0 Å². The van der Waals surface area contributed by atoms with Gasteiger partial charge in [0.15, 0.2) is 0 Å². The zero-order chi connectivity index (χ0) is 9.00. The van der Waals surface area contributed by atoms with E-state index in [-0.39, 0.29) is 40.6 Å². The average molecular weight is 270 g/mol. The second kappa shape index (κ2) is 7.26. The number of hydrogen-bond acceptors (Lipinski definition) is 4. The molecule has 0 amide bonds. The summed E-state index contributed by atoms with van der Waals surface area (Å²) >= 11 is 6.93. The van der Waals surface area contributed by atoms with Crippen LogP contribution in [0.25, 0.3) is 0 Å². The second-order valence-electron chi connectivity index (χ2n) is 0.896. The van der Waals surface area contributed by atoms with E-state index in [2.05, 4.69) is 22.4 Å². The topological polar surface area (TPSA) is 115 Å². The molecule has 6 nitrogen and oxygen atoms in total. The normalized spacial score (nSPS) is 10.5. The van der Waals surface area contributed by atoms with Gasteiger partial charge in [-0.05, 0) is 0 Å². The van der Waals surface area contributed by atoms with Gasteiger partial charge in [-0.25, -0.2) is 0 Å². The first kappa shape index (κ1) is 18.6. The van der Waals surface area contributed by atoms with Gasteiger partial charge in [0.1, 0.15) is 0 Å². The van der Waals surface area contributed by atoms with Gasteiger partial charge >= 0.3 is 37.7 Å². The van der Waals surface area contributed by atoms with Crippen LogP contribution in [0.5, 0.6) is 0 Å². The summed E-state index contributed by atoms with van der Waals surface area (Å²) in [5.74, 6) is 0. The van der Waals surface area contributed by atoms with Crippen molar-refractivity contribution in [3.05, 3.63) is 0 Å². The Kier molecular flexibility index (Phi) is 12.3. The van der Waals surface area contributed by atoms with Crippen LogP contribution in [0.2, 0.25) is 0 Å². The molecule has 0 unspecified atom stereocenters. The van der Waals surface area contributed by atoms with Crippen molar-refractivity contribution in [2.24, 2.45) is 0 Å². The molecule has 0 bridgehead atoms. The predicted octanol–water partition coefficient (Wildman–Crippen LogP) is -0.798. The Balaban J connectivity index is -0.0000000267. The molecule has 0 atom stereocenters. The molecule has 0 aliphatic carbocycles. The first-order valence-corrected chi connectivity index (χ1v) is 6.19. The SMILES string of the molecule is O=S(O)(O)=S.O=S(O)(O)=S.[Ca+2].[H-].[H-]. The van der Waals surface area contributed by atoms with Crippen LogP contribution in [-0.4, -0.2) is 64.4 Å². The molecule has 11 heavy (non-hydrogen) atoms. The molecule has 0 aromatic rings. The van der Waals surface area contributed by atoms with Crippen molar-refractivity contribution in [2.45, 2.75) is 0 Å². The van der Waals surface area contributed by atoms with Crippen LogP contribution in [0.3, 0.4) is 0 Å². The van der Waals surface area contributed by atoms with Crippen molar-refractivity contribution >= 4 is 78.2 Å². The van der Waals surface area contributed by atoms with Crippen molar-refractivity contribution in [1.82, 2.24) is 0 Å². The Morgan fingerprint density at radius 1 is 0.909 bits per heavy atom. The summed E-state index contributed by atoms with van der Waals surface area (Å²) in [6, 6.07) is 0. The van der Waals surface area contributed by atoms with Crippen molar-refractivity contribution in [3.8, 4) is 0 Å². The third-order valence-corrected chi connectivity index (χ3v) is 0. The van der Waals surface area contributed by atoms with E-state index < -0.39 is 18.1 Å². The van der Waals surface area contributed by atoms with Gasteiger partial charge in [-0.3, -0.25) is 18.2 Å². The van der Waals surface area contributed by atoms with Crippen LogP contribution in [0.4, 0.5) is 0 Å². The first-order valence-electron chi connectivity index (χ1n) is 1.40. The Morgan fingerprint density at radius 3 is 0.909 bits per heavy atom. The fraction of sp³-hybridized carbons (Fsp3) is 0. The fourth-order valence-corrected chi connectivity index (χ4v) is 0. The maximum atomic E-state index is 9.11. The smallest absolute Gasteiger partial charge is 1.00 e. The van der Waals surface area contributed by atoms with Gasteiger partial charge in [-0.1, -0.05) is 0 Å². The second-order valence-corrected chi connectivity index (χ2v) is 5.29. The Labute approximate surface area is 106 Å². The van der Waals surface area contributed by atoms with Gasteiger partial charge < -0.3 is 2.85 Å². The largest absolute Gasteiger partial charge is 2.00 e. The molecule has 0 heterocycles. The van der Waals surface area contributed by atoms with Crippen LogP contribution in [0, 0.1) is 0 Å². The molecular formula is H6CaO6S4. The molecule has 11 heteroatoms. The zero-order valence-electron chi connectivity index (χ0n) is 6.95. The molecule has 68 valence electrons. The first-order chi connectivity index (χ1) is 4.00. The molecule has 0 aliphatic rings. The Hall–Kier alpha value is 1.84. The molecule has 0 radical (unpaired) electrons. The summed E-state index contributed by atoms with van der Waals surface area (Å²) in [4.78, 5) is 0. The van der Waals surface area contributed by atoms with E-state index in [4.69, 9.17) is 26.6 Å². The maximum Gasteiger partial charge on any atom is 2.00 e. The van der Waals surface area contributed by atoms with Crippen molar-refractivity contribution in [1.29, 1.82) is 0 Å². The minimum absolute atomic E-state index is 0. The maximum absolute atomic E-state index is 9.11. The van der Waals surface area contributed by atoms with E-state index >= 15 is 0 Å². The van der Waals surface area contributed by atoms with Crippen molar-refractivity contribution < 1.29 is 29.5 Å². The zero-order valence-corrected chi connectivity index (χ0v) is 10.4. The average Bonchev–Trinajstić information content (AvgIpc) is 1.12. The summed E-state index contributed by atoms with van der Waals surface area (Å²) < 4.78 is 47.9. The van der Waals surface area contributed by atoms with Gasteiger partial charge in [0, 0.05) is 22.4 Å². The van der Waals surface area contributed by atoms with E-state index in [1.54, 1.807) is 0 Å². The van der Waals surface area contributed by atoms with Crippen molar-refractivity contribution in [2.75, 3.05) is 0 Å². The van der Waals surface area contributed by atoms with Crippen LogP contribution in [0.1, 0.15) is 2.85 Å². The van der Waals surface area contributed by atoms with Crippen LogP contribution >= 0.6 is 0 Å². The predicted molar refractivity (Wildman–Crippen MR) is 49.5 cm³/mol.